The standard InChI is InChI=1S/C10H7NOS/c1-6-8-3-2-7(5-11)4-9(8)13-10(6)12/h2-4,12H,1H3. The third kappa shape index (κ3) is 1.16. The van der Waals surface area contributed by atoms with E-state index in [1.54, 1.807) is 12.1 Å². The van der Waals surface area contributed by atoms with E-state index < -0.39 is 0 Å². The van der Waals surface area contributed by atoms with Gasteiger partial charge in [0.1, 0.15) is 0 Å². The maximum Gasteiger partial charge on any atom is 0.175 e. The van der Waals surface area contributed by atoms with Crippen LogP contribution in [-0.2, 0) is 0 Å². The fraction of sp³-hybridized carbons (Fsp3) is 0.100. The highest BCUT2D eigenvalue weighted by molar-refractivity contribution is 7.20. The van der Waals surface area contributed by atoms with Crippen molar-refractivity contribution in [2.75, 3.05) is 0 Å². The molecule has 0 unspecified atom stereocenters. The average Bonchev–Trinajstić information content (AvgIpc) is 2.42. The van der Waals surface area contributed by atoms with E-state index in [1.165, 1.54) is 11.3 Å². The van der Waals surface area contributed by atoms with Crippen molar-refractivity contribution in [2.24, 2.45) is 0 Å². The van der Waals surface area contributed by atoms with Crippen LogP contribution in [0.25, 0.3) is 10.1 Å². The average molecular weight is 189 g/mol. The minimum atomic E-state index is 0.338. The van der Waals surface area contributed by atoms with Gasteiger partial charge < -0.3 is 5.11 Å². The van der Waals surface area contributed by atoms with Crippen molar-refractivity contribution in [3.05, 3.63) is 29.3 Å². The van der Waals surface area contributed by atoms with Crippen LogP contribution in [0, 0.1) is 18.3 Å². The number of benzene rings is 1. The summed E-state index contributed by atoms with van der Waals surface area (Å²) in [4.78, 5) is 0. The number of thiophene rings is 1. The van der Waals surface area contributed by atoms with Crippen LogP contribution in [0.3, 0.4) is 0 Å². The number of hydrogen-bond donors (Lipinski definition) is 1. The van der Waals surface area contributed by atoms with Crippen LogP contribution in [0.1, 0.15) is 11.1 Å². The zero-order valence-electron chi connectivity index (χ0n) is 7.03. The quantitative estimate of drug-likeness (QED) is 0.692. The zero-order chi connectivity index (χ0) is 9.42. The lowest BCUT2D eigenvalue weighted by Gasteiger charge is -1.90. The van der Waals surface area contributed by atoms with Gasteiger partial charge in [0, 0.05) is 10.3 Å². The maximum atomic E-state index is 9.44. The first kappa shape index (κ1) is 8.09. The summed E-state index contributed by atoms with van der Waals surface area (Å²) in [7, 11) is 0. The second-order valence-electron chi connectivity index (χ2n) is 2.85. The van der Waals surface area contributed by atoms with Gasteiger partial charge in [-0.1, -0.05) is 17.4 Å². The molecule has 0 amide bonds. The van der Waals surface area contributed by atoms with Crippen LogP contribution in [0.15, 0.2) is 18.2 Å². The minimum absolute atomic E-state index is 0.338. The number of rotatable bonds is 0. The van der Waals surface area contributed by atoms with E-state index in [2.05, 4.69) is 6.07 Å². The van der Waals surface area contributed by atoms with Gasteiger partial charge in [0.05, 0.1) is 11.6 Å². The van der Waals surface area contributed by atoms with Crippen molar-refractivity contribution in [3.63, 3.8) is 0 Å². The lowest BCUT2D eigenvalue weighted by atomic mass is 10.1. The van der Waals surface area contributed by atoms with E-state index in [1.807, 2.05) is 13.0 Å². The Morgan fingerprint density at radius 2 is 2.23 bits per heavy atom. The molecule has 0 spiro atoms. The van der Waals surface area contributed by atoms with Crippen LogP contribution in [0.4, 0.5) is 0 Å². The Balaban J connectivity index is 2.82. The predicted octanol–water partition coefficient (Wildman–Crippen LogP) is 2.79. The molecular formula is C10H7NOS. The van der Waals surface area contributed by atoms with Crippen LogP contribution in [-0.4, -0.2) is 5.11 Å². The third-order valence-corrected chi connectivity index (χ3v) is 3.10. The van der Waals surface area contributed by atoms with Crippen LogP contribution < -0.4 is 0 Å². The monoisotopic (exact) mass is 189 g/mol. The Morgan fingerprint density at radius 1 is 1.46 bits per heavy atom. The first-order valence-electron chi connectivity index (χ1n) is 3.84. The lowest BCUT2D eigenvalue weighted by molar-refractivity contribution is 0.487. The summed E-state index contributed by atoms with van der Waals surface area (Å²) < 4.78 is 0.967. The van der Waals surface area contributed by atoms with E-state index in [4.69, 9.17) is 5.26 Å². The number of aromatic hydroxyl groups is 1. The van der Waals surface area contributed by atoms with E-state index in [9.17, 15) is 5.11 Å². The van der Waals surface area contributed by atoms with E-state index in [0.29, 0.717) is 10.6 Å². The smallest absolute Gasteiger partial charge is 0.175 e. The molecule has 0 saturated carbocycles. The number of nitrogens with zero attached hydrogens (tertiary/aromatic N) is 1. The normalized spacial score (nSPS) is 10.2. The topological polar surface area (TPSA) is 44.0 Å². The first-order valence-corrected chi connectivity index (χ1v) is 4.66. The Labute approximate surface area is 79.7 Å². The Hall–Kier alpha value is -1.53. The molecule has 1 aromatic carbocycles. The molecule has 3 heteroatoms. The van der Waals surface area contributed by atoms with Gasteiger partial charge in [-0.15, -0.1) is 0 Å². The molecular weight excluding hydrogens is 182 g/mol. The highest BCUT2D eigenvalue weighted by Crippen LogP contribution is 2.35. The summed E-state index contributed by atoms with van der Waals surface area (Å²) in [6, 6.07) is 7.51. The van der Waals surface area contributed by atoms with Gasteiger partial charge in [0.25, 0.3) is 0 Å². The molecule has 2 nitrogen and oxygen atoms in total. The van der Waals surface area contributed by atoms with Crippen molar-refractivity contribution in [3.8, 4) is 11.1 Å². The van der Waals surface area contributed by atoms with E-state index >= 15 is 0 Å². The Morgan fingerprint density at radius 3 is 2.92 bits per heavy atom. The molecule has 0 fully saturated rings. The Bertz CT molecular complexity index is 507. The Kier molecular flexibility index (Phi) is 1.71. The second kappa shape index (κ2) is 2.75. The molecule has 2 aromatic rings. The third-order valence-electron chi connectivity index (χ3n) is 2.04. The van der Waals surface area contributed by atoms with E-state index in [0.717, 1.165) is 15.6 Å². The molecule has 0 aliphatic carbocycles. The first-order chi connectivity index (χ1) is 6.22. The summed E-state index contributed by atoms with van der Waals surface area (Å²) in [5, 5.41) is 19.5. The molecule has 0 saturated heterocycles. The molecule has 0 bridgehead atoms. The molecule has 1 N–H and O–H groups in total. The van der Waals surface area contributed by atoms with Crippen molar-refractivity contribution in [2.45, 2.75) is 6.92 Å². The summed E-state index contributed by atoms with van der Waals surface area (Å²) in [6.07, 6.45) is 0. The lowest BCUT2D eigenvalue weighted by Crippen LogP contribution is -1.72. The molecule has 0 radical (unpaired) electrons. The van der Waals surface area contributed by atoms with Crippen molar-refractivity contribution in [1.82, 2.24) is 0 Å². The highest BCUT2D eigenvalue weighted by Gasteiger charge is 2.06. The highest BCUT2D eigenvalue weighted by atomic mass is 32.1. The molecule has 0 aliphatic heterocycles. The van der Waals surface area contributed by atoms with Gasteiger partial charge in [-0.2, -0.15) is 5.26 Å². The molecule has 13 heavy (non-hydrogen) atoms. The molecule has 1 aromatic heterocycles. The number of nitriles is 1. The molecule has 1 heterocycles. The van der Waals surface area contributed by atoms with Gasteiger partial charge in [-0.25, -0.2) is 0 Å². The maximum absolute atomic E-state index is 9.44. The van der Waals surface area contributed by atoms with Gasteiger partial charge in [-0.3, -0.25) is 0 Å². The molecule has 0 atom stereocenters. The summed E-state index contributed by atoms with van der Waals surface area (Å²) in [5.74, 6) is 0. The summed E-state index contributed by atoms with van der Waals surface area (Å²) >= 11 is 1.31. The van der Waals surface area contributed by atoms with E-state index in [-0.39, 0.29) is 0 Å². The summed E-state index contributed by atoms with van der Waals surface area (Å²) in [6.45, 7) is 1.88. The number of hydrogen-bond acceptors (Lipinski definition) is 3. The summed E-state index contributed by atoms with van der Waals surface area (Å²) in [5.41, 5.74) is 1.53. The fourth-order valence-electron chi connectivity index (χ4n) is 1.28. The largest absolute Gasteiger partial charge is 0.499 e. The van der Waals surface area contributed by atoms with Crippen LogP contribution >= 0.6 is 11.3 Å². The van der Waals surface area contributed by atoms with Gasteiger partial charge in [0.15, 0.2) is 5.06 Å². The van der Waals surface area contributed by atoms with Gasteiger partial charge in [-0.05, 0) is 24.4 Å². The minimum Gasteiger partial charge on any atom is -0.499 e. The van der Waals surface area contributed by atoms with Gasteiger partial charge in [0.2, 0.25) is 0 Å². The van der Waals surface area contributed by atoms with Crippen LogP contribution in [0.2, 0.25) is 0 Å². The predicted molar refractivity (Wildman–Crippen MR) is 52.9 cm³/mol. The fourth-order valence-corrected chi connectivity index (χ4v) is 2.27. The molecule has 0 aliphatic rings. The van der Waals surface area contributed by atoms with Crippen molar-refractivity contribution in [1.29, 1.82) is 5.26 Å². The number of aryl methyl sites for hydroxylation is 1. The zero-order valence-corrected chi connectivity index (χ0v) is 7.85. The molecule has 64 valence electrons. The second-order valence-corrected chi connectivity index (χ2v) is 3.89. The number of fused-ring (bicyclic) bond motifs is 1. The van der Waals surface area contributed by atoms with Crippen molar-refractivity contribution >= 4 is 21.4 Å². The molecule has 2 rings (SSSR count). The van der Waals surface area contributed by atoms with Gasteiger partial charge >= 0.3 is 0 Å². The SMILES string of the molecule is Cc1c(O)sc2cc(C#N)ccc12. The van der Waals surface area contributed by atoms with Crippen LogP contribution in [0.5, 0.6) is 5.06 Å². The van der Waals surface area contributed by atoms with Crippen molar-refractivity contribution < 1.29 is 5.11 Å².